The molecule has 1 saturated heterocycles. The van der Waals surface area contributed by atoms with Gasteiger partial charge in [-0.1, -0.05) is 6.92 Å². The second-order valence-electron chi connectivity index (χ2n) is 5.43. The topological polar surface area (TPSA) is 68.2 Å². The van der Waals surface area contributed by atoms with E-state index in [0.717, 1.165) is 43.7 Å². The van der Waals surface area contributed by atoms with Gasteiger partial charge in [0, 0.05) is 20.4 Å². The van der Waals surface area contributed by atoms with Crippen molar-refractivity contribution in [2.75, 3.05) is 32.1 Å². The Hall–Kier alpha value is -1.40. The van der Waals surface area contributed by atoms with Crippen molar-refractivity contribution in [2.24, 2.45) is 12.5 Å². The molecule has 0 unspecified atom stereocenters. The minimum absolute atomic E-state index is 0.0450. The van der Waals surface area contributed by atoms with Crippen LogP contribution < -0.4 is 10.6 Å². The van der Waals surface area contributed by atoms with E-state index in [-0.39, 0.29) is 5.91 Å². The third kappa shape index (κ3) is 3.02. The molecular formula is C14H24N4O2. The van der Waals surface area contributed by atoms with Crippen LogP contribution in [0.25, 0.3) is 0 Å². The number of nitrogens with one attached hydrogen (secondary N) is 2. The monoisotopic (exact) mass is 280 g/mol. The van der Waals surface area contributed by atoms with E-state index in [2.05, 4.69) is 15.7 Å². The summed E-state index contributed by atoms with van der Waals surface area (Å²) in [5, 5.41) is 10.7. The number of carbonyl (C=O) groups excluding carboxylic acids is 1. The van der Waals surface area contributed by atoms with Gasteiger partial charge in [-0.25, -0.2) is 0 Å². The van der Waals surface area contributed by atoms with E-state index in [0.29, 0.717) is 6.61 Å². The smallest absolute Gasteiger partial charge is 0.233 e. The van der Waals surface area contributed by atoms with Crippen LogP contribution in [-0.4, -0.2) is 42.5 Å². The highest BCUT2D eigenvalue weighted by Crippen LogP contribution is 2.31. The van der Waals surface area contributed by atoms with Gasteiger partial charge in [-0.2, -0.15) is 5.10 Å². The van der Waals surface area contributed by atoms with Gasteiger partial charge in [-0.15, -0.1) is 0 Å². The molecule has 1 aromatic heterocycles. The lowest BCUT2D eigenvalue weighted by atomic mass is 9.78. The first-order valence-corrected chi connectivity index (χ1v) is 7.15. The van der Waals surface area contributed by atoms with Crippen LogP contribution in [0.2, 0.25) is 0 Å². The van der Waals surface area contributed by atoms with Crippen molar-refractivity contribution < 1.29 is 9.53 Å². The summed E-state index contributed by atoms with van der Waals surface area (Å²) < 4.78 is 7.03. The first-order chi connectivity index (χ1) is 9.61. The Morgan fingerprint density at radius 3 is 2.85 bits per heavy atom. The number of hydrogen-bond donors (Lipinski definition) is 2. The van der Waals surface area contributed by atoms with Gasteiger partial charge in [0.25, 0.3) is 0 Å². The van der Waals surface area contributed by atoms with Crippen molar-refractivity contribution in [1.82, 2.24) is 15.1 Å². The summed E-state index contributed by atoms with van der Waals surface area (Å²) in [6.07, 6.45) is 4.26. The van der Waals surface area contributed by atoms with E-state index >= 15 is 0 Å². The Kier molecular flexibility index (Phi) is 4.77. The zero-order chi connectivity index (χ0) is 14.6. The first-order valence-electron chi connectivity index (χ1n) is 7.15. The number of amides is 1. The average Bonchev–Trinajstić information content (AvgIpc) is 2.80. The molecule has 1 aliphatic heterocycles. The lowest BCUT2D eigenvalue weighted by Gasteiger charge is -2.35. The van der Waals surface area contributed by atoms with E-state index in [1.165, 1.54) is 0 Å². The lowest BCUT2D eigenvalue weighted by molar-refractivity contribution is -0.130. The van der Waals surface area contributed by atoms with Gasteiger partial charge in [0.05, 0.1) is 23.4 Å². The third-order valence-electron chi connectivity index (χ3n) is 3.95. The molecule has 1 aromatic rings. The van der Waals surface area contributed by atoms with E-state index in [1.807, 2.05) is 20.2 Å². The molecule has 0 spiro atoms. The maximum absolute atomic E-state index is 12.7. The number of anilines is 1. The Balaban J connectivity index is 2.15. The molecule has 0 saturated carbocycles. The number of nitrogens with zero attached hydrogens (tertiary/aromatic N) is 2. The second kappa shape index (κ2) is 6.37. The van der Waals surface area contributed by atoms with Crippen LogP contribution >= 0.6 is 0 Å². The molecular weight excluding hydrogens is 256 g/mol. The van der Waals surface area contributed by atoms with Crippen LogP contribution in [-0.2, 0) is 23.0 Å². The predicted octanol–water partition coefficient (Wildman–Crippen LogP) is 0.937. The number of aromatic nitrogens is 2. The fourth-order valence-electron chi connectivity index (χ4n) is 2.77. The number of ether oxygens (including phenoxy) is 1. The Bertz CT molecular complexity index is 458. The average molecular weight is 280 g/mol. The number of hydrogen-bond acceptors (Lipinski definition) is 4. The van der Waals surface area contributed by atoms with Gasteiger partial charge in [-0.05, 0) is 32.4 Å². The molecule has 1 aliphatic rings. The van der Waals surface area contributed by atoms with Crippen molar-refractivity contribution in [3.8, 4) is 0 Å². The summed E-state index contributed by atoms with van der Waals surface area (Å²) in [6.45, 7) is 4.20. The van der Waals surface area contributed by atoms with E-state index in [4.69, 9.17) is 4.74 Å². The molecule has 1 fully saturated rings. The minimum atomic E-state index is -0.430. The van der Waals surface area contributed by atoms with Crippen LogP contribution in [0.1, 0.15) is 25.5 Å². The molecule has 0 aliphatic carbocycles. The van der Waals surface area contributed by atoms with Gasteiger partial charge in [-0.3, -0.25) is 9.48 Å². The number of carbonyl (C=O) groups is 1. The minimum Gasteiger partial charge on any atom is -0.384 e. The van der Waals surface area contributed by atoms with E-state index in [9.17, 15) is 4.79 Å². The SMILES string of the molecule is CCc1nn(C)cc1NC(=O)C1(COC)CCNCC1. The van der Waals surface area contributed by atoms with E-state index < -0.39 is 5.41 Å². The molecule has 20 heavy (non-hydrogen) atoms. The van der Waals surface area contributed by atoms with Crippen LogP contribution in [0.4, 0.5) is 5.69 Å². The molecule has 0 atom stereocenters. The van der Waals surface area contributed by atoms with Crippen molar-refractivity contribution in [3.05, 3.63) is 11.9 Å². The van der Waals surface area contributed by atoms with Gasteiger partial charge in [0.1, 0.15) is 0 Å². The standard InChI is InChI=1S/C14H24N4O2/c1-4-11-12(9-18(2)17-11)16-13(19)14(10-20-3)5-7-15-8-6-14/h9,15H,4-8,10H2,1-3H3,(H,16,19). The molecule has 2 N–H and O–H groups in total. The molecule has 0 radical (unpaired) electrons. The number of methoxy groups -OCH3 is 1. The summed E-state index contributed by atoms with van der Waals surface area (Å²) in [5.74, 6) is 0.0450. The highest BCUT2D eigenvalue weighted by Gasteiger charge is 2.40. The van der Waals surface area contributed by atoms with Crippen LogP contribution in [0.5, 0.6) is 0 Å². The van der Waals surface area contributed by atoms with Crippen molar-refractivity contribution in [1.29, 1.82) is 0 Å². The van der Waals surface area contributed by atoms with Crippen molar-refractivity contribution >= 4 is 11.6 Å². The van der Waals surface area contributed by atoms with Crippen LogP contribution in [0.3, 0.4) is 0 Å². The summed E-state index contributed by atoms with van der Waals surface area (Å²) in [6, 6.07) is 0. The maximum Gasteiger partial charge on any atom is 0.233 e. The van der Waals surface area contributed by atoms with Crippen LogP contribution in [0.15, 0.2) is 6.20 Å². The molecule has 0 bridgehead atoms. The largest absolute Gasteiger partial charge is 0.384 e. The summed E-state index contributed by atoms with van der Waals surface area (Å²) in [7, 11) is 3.52. The Morgan fingerprint density at radius 1 is 1.55 bits per heavy atom. The predicted molar refractivity (Wildman–Crippen MR) is 77.6 cm³/mol. The van der Waals surface area contributed by atoms with E-state index in [1.54, 1.807) is 11.8 Å². The van der Waals surface area contributed by atoms with Gasteiger partial charge in [0.2, 0.25) is 5.91 Å². The van der Waals surface area contributed by atoms with Gasteiger partial charge < -0.3 is 15.4 Å². The molecule has 6 heteroatoms. The highest BCUT2D eigenvalue weighted by atomic mass is 16.5. The highest BCUT2D eigenvalue weighted by molar-refractivity contribution is 5.96. The van der Waals surface area contributed by atoms with Gasteiger partial charge >= 0.3 is 0 Å². The summed E-state index contributed by atoms with van der Waals surface area (Å²) >= 11 is 0. The molecule has 112 valence electrons. The fraction of sp³-hybridized carbons (Fsp3) is 0.714. The van der Waals surface area contributed by atoms with Crippen LogP contribution in [0, 0.1) is 5.41 Å². The number of rotatable bonds is 5. The number of piperidine rings is 1. The lowest BCUT2D eigenvalue weighted by Crippen LogP contribution is -2.47. The Morgan fingerprint density at radius 2 is 2.25 bits per heavy atom. The summed E-state index contributed by atoms with van der Waals surface area (Å²) in [4.78, 5) is 12.7. The zero-order valence-electron chi connectivity index (χ0n) is 12.5. The quantitative estimate of drug-likeness (QED) is 0.842. The fourth-order valence-corrected chi connectivity index (χ4v) is 2.77. The molecule has 2 heterocycles. The number of aryl methyl sites for hydroxylation is 2. The molecule has 6 nitrogen and oxygen atoms in total. The van der Waals surface area contributed by atoms with Crippen molar-refractivity contribution in [3.63, 3.8) is 0 Å². The summed E-state index contributed by atoms with van der Waals surface area (Å²) in [5.41, 5.74) is 1.30. The normalized spacial score (nSPS) is 17.9. The van der Waals surface area contributed by atoms with Crippen molar-refractivity contribution in [2.45, 2.75) is 26.2 Å². The molecule has 1 amide bonds. The molecule has 0 aromatic carbocycles. The third-order valence-corrected chi connectivity index (χ3v) is 3.95. The van der Waals surface area contributed by atoms with Gasteiger partial charge in [0.15, 0.2) is 0 Å². The Labute approximate surface area is 119 Å². The maximum atomic E-state index is 12.7. The molecule has 2 rings (SSSR count). The first kappa shape index (κ1) is 15.0. The second-order valence-corrected chi connectivity index (χ2v) is 5.43. The zero-order valence-corrected chi connectivity index (χ0v) is 12.5.